The minimum absolute atomic E-state index is 0.260. The van der Waals surface area contributed by atoms with Gasteiger partial charge in [-0.05, 0) is 22.0 Å². The van der Waals surface area contributed by atoms with E-state index < -0.39 is 5.82 Å². The summed E-state index contributed by atoms with van der Waals surface area (Å²) in [5.41, 5.74) is 6.83. The van der Waals surface area contributed by atoms with Gasteiger partial charge in [-0.1, -0.05) is 0 Å². The van der Waals surface area contributed by atoms with E-state index in [1.165, 1.54) is 13.2 Å². The fourth-order valence-corrected chi connectivity index (χ4v) is 1.68. The average Bonchev–Trinajstić information content (AvgIpc) is 2.34. The monoisotopic (exact) mass is 297 g/mol. The summed E-state index contributed by atoms with van der Waals surface area (Å²) in [6.45, 7) is 0. The van der Waals surface area contributed by atoms with Gasteiger partial charge in [-0.15, -0.1) is 0 Å². The first-order valence-corrected chi connectivity index (χ1v) is 5.52. The Morgan fingerprint density at radius 1 is 1.41 bits per heavy atom. The van der Waals surface area contributed by atoms with Gasteiger partial charge in [-0.25, -0.2) is 9.37 Å². The van der Waals surface area contributed by atoms with Crippen molar-refractivity contribution < 1.29 is 9.13 Å². The van der Waals surface area contributed by atoms with E-state index in [0.29, 0.717) is 21.7 Å². The fraction of sp³-hybridized carbons (Fsp3) is 0.0909. The van der Waals surface area contributed by atoms with E-state index in [0.717, 1.165) is 6.20 Å². The van der Waals surface area contributed by atoms with E-state index in [4.69, 9.17) is 10.5 Å². The second kappa shape index (κ2) is 4.67. The highest BCUT2D eigenvalue weighted by Gasteiger charge is 2.13. The minimum Gasteiger partial charge on any atom is -0.481 e. The van der Waals surface area contributed by atoms with Crippen molar-refractivity contribution in [3.8, 4) is 17.1 Å². The van der Waals surface area contributed by atoms with Gasteiger partial charge in [-0.2, -0.15) is 0 Å². The quantitative estimate of drug-likeness (QED) is 0.926. The number of pyridine rings is 2. The third-order valence-corrected chi connectivity index (χ3v) is 2.92. The molecule has 4 nitrogen and oxygen atoms in total. The van der Waals surface area contributed by atoms with Crippen LogP contribution < -0.4 is 10.5 Å². The zero-order chi connectivity index (χ0) is 12.4. The molecule has 2 aromatic heterocycles. The normalized spacial score (nSPS) is 10.3. The van der Waals surface area contributed by atoms with E-state index in [9.17, 15) is 4.39 Å². The molecule has 2 aromatic rings. The molecule has 88 valence electrons. The number of rotatable bonds is 2. The lowest BCUT2D eigenvalue weighted by Crippen LogP contribution is -1.98. The van der Waals surface area contributed by atoms with E-state index in [2.05, 4.69) is 25.9 Å². The van der Waals surface area contributed by atoms with Crippen LogP contribution in [0.2, 0.25) is 0 Å². The largest absolute Gasteiger partial charge is 0.481 e. The Balaban J connectivity index is 2.63. The van der Waals surface area contributed by atoms with E-state index in [1.54, 1.807) is 12.3 Å². The molecule has 0 aliphatic rings. The number of methoxy groups -OCH3 is 1. The molecule has 0 radical (unpaired) electrons. The third-order valence-electron chi connectivity index (χ3n) is 2.23. The first-order valence-electron chi connectivity index (χ1n) is 4.73. The van der Waals surface area contributed by atoms with Gasteiger partial charge in [0.1, 0.15) is 0 Å². The van der Waals surface area contributed by atoms with Gasteiger partial charge >= 0.3 is 0 Å². The lowest BCUT2D eigenvalue weighted by atomic mass is 10.1. The van der Waals surface area contributed by atoms with Crippen LogP contribution in [-0.2, 0) is 0 Å². The van der Waals surface area contributed by atoms with E-state index in [1.807, 2.05) is 0 Å². The summed E-state index contributed by atoms with van der Waals surface area (Å²) in [4.78, 5) is 7.82. The number of nitrogens with zero attached hydrogens (tertiary/aromatic N) is 2. The Morgan fingerprint density at radius 2 is 2.18 bits per heavy atom. The number of hydrogen-bond acceptors (Lipinski definition) is 4. The zero-order valence-electron chi connectivity index (χ0n) is 8.95. The maximum atomic E-state index is 13.7. The predicted octanol–water partition coefficient (Wildman–Crippen LogP) is 2.64. The van der Waals surface area contributed by atoms with Crippen molar-refractivity contribution in [2.75, 3.05) is 12.8 Å². The molecule has 0 amide bonds. The maximum Gasteiger partial charge on any atom is 0.213 e. The molecule has 0 aromatic carbocycles. The summed E-state index contributed by atoms with van der Waals surface area (Å²) in [5, 5.41) is 0. The molecule has 0 aliphatic heterocycles. The van der Waals surface area contributed by atoms with Gasteiger partial charge in [0.2, 0.25) is 5.88 Å². The van der Waals surface area contributed by atoms with Crippen molar-refractivity contribution in [3.05, 3.63) is 34.8 Å². The van der Waals surface area contributed by atoms with Crippen LogP contribution >= 0.6 is 15.9 Å². The fourth-order valence-electron chi connectivity index (χ4n) is 1.38. The van der Waals surface area contributed by atoms with Crippen molar-refractivity contribution in [1.82, 2.24) is 9.97 Å². The number of anilines is 1. The predicted molar refractivity (Wildman–Crippen MR) is 66.1 cm³/mol. The summed E-state index contributed by atoms with van der Waals surface area (Å²) in [6, 6.07) is 3.15. The van der Waals surface area contributed by atoms with Crippen LogP contribution in [0, 0.1) is 5.82 Å². The second-order valence-electron chi connectivity index (χ2n) is 3.26. The number of aromatic nitrogens is 2. The van der Waals surface area contributed by atoms with Crippen LogP contribution in [0.3, 0.4) is 0 Å². The molecule has 0 unspecified atom stereocenters. The van der Waals surface area contributed by atoms with Crippen molar-refractivity contribution >= 4 is 21.6 Å². The Morgan fingerprint density at radius 3 is 2.88 bits per heavy atom. The summed E-state index contributed by atoms with van der Waals surface area (Å²) in [6.07, 6.45) is 2.62. The highest BCUT2D eigenvalue weighted by Crippen LogP contribution is 2.32. The third kappa shape index (κ3) is 2.21. The molecule has 0 aliphatic carbocycles. The number of hydrogen-bond donors (Lipinski definition) is 1. The van der Waals surface area contributed by atoms with E-state index in [-0.39, 0.29) is 5.56 Å². The number of nitrogen functional groups attached to an aromatic ring is 1. The Bertz CT molecular complexity index is 562. The van der Waals surface area contributed by atoms with Gasteiger partial charge in [0.15, 0.2) is 5.82 Å². The van der Waals surface area contributed by atoms with Gasteiger partial charge in [0.05, 0.1) is 24.7 Å². The molecule has 0 saturated carbocycles. The molecular weight excluding hydrogens is 289 g/mol. The SMILES string of the molecule is COc1cc(-c2nccc(Br)c2N)c(F)cn1. The Hall–Kier alpha value is -1.69. The minimum atomic E-state index is -0.497. The van der Waals surface area contributed by atoms with Crippen molar-refractivity contribution in [2.24, 2.45) is 0 Å². The molecule has 0 saturated heterocycles. The zero-order valence-corrected chi connectivity index (χ0v) is 10.5. The lowest BCUT2D eigenvalue weighted by molar-refractivity contribution is 0.396. The Kier molecular flexibility index (Phi) is 3.23. The molecule has 2 heterocycles. The molecule has 6 heteroatoms. The van der Waals surface area contributed by atoms with Crippen molar-refractivity contribution in [1.29, 1.82) is 0 Å². The maximum absolute atomic E-state index is 13.7. The van der Waals surface area contributed by atoms with Crippen LogP contribution in [-0.4, -0.2) is 17.1 Å². The number of ether oxygens (including phenoxy) is 1. The first kappa shape index (κ1) is 11.8. The molecule has 0 spiro atoms. The highest BCUT2D eigenvalue weighted by molar-refractivity contribution is 9.10. The van der Waals surface area contributed by atoms with Gasteiger partial charge in [0.25, 0.3) is 0 Å². The van der Waals surface area contributed by atoms with Gasteiger partial charge < -0.3 is 10.5 Å². The van der Waals surface area contributed by atoms with Crippen LogP contribution in [0.5, 0.6) is 5.88 Å². The Labute approximate surface area is 106 Å². The molecule has 0 bridgehead atoms. The van der Waals surface area contributed by atoms with Crippen LogP contribution in [0.4, 0.5) is 10.1 Å². The summed E-state index contributed by atoms with van der Waals surface area (Å²) >= 11 is 3.27. The first-order chi connectivity index (χ1) is 8.13. The van der Waals surface area contributed by atoms with Gasteiger partial charge in [-0.3, -0.25) is 4.98 Å². The lowest BCUT2D eigenvalue weighted by Gasteiger charge is -2.08. The van der Waals surface area contributed by atoms with Gasteiger partial charge in [0, 0.05) is 22.3 Å². The molecule has 17 heavy (non-hydrogen) atoms. The highest BCUT2D eigenvalue weighted by atomic mass is 79.9. The molecule has 0 fully saturated rings. The number of nitrogens with two attached hydrogens (primary N) is 1. The smallest absolute Gasteiger partial charge is 0.213 e. The molecule has 2 N–H and O–H groups in total. The van der Waals surface area contributed by atoms with E-state index >= 15 is 0 Å². The van der Waals surface area contributed by atoms with Crippen LogP contribution in [0.15, 0.2) is 29.0 Å². The van der Waals surface area contributed by atoms with Crippen molar-refractivity contribution in [2.45, 2.75) is 0 Å². The van der Waals surface area contributed by atoms with Crippen LogP contribution in [0.1, 0.15) is 0 Å². The van der Waals surface area contributed by atoms with Crippen molar-refractivity contribution in [3.63, 3.8) is 0 Å². The summed E-state index contributed by atoms with van der Waals surface area (Å²) in [7, 11) is 1.46. The summed E-state index contributed by atoms with van der Waals surface area (Å²) < 4.78 is 19.3. The average molecular weight is 298 g/mol. The van der Waals surface area contributed by atoms with Crippen LogP contribution in [0.25, 0.3) is 11.3 Å². The second-order valence-corrected chi connectivity index (χ2v) is 4.12. The molecule has 0 atom stereocenters. The molecular formula is C11H9BrFN3O. The summed E-state index contributed by atoms with van der Waals surface area (Å²) in [5.74, 6) is -0.189. The topological polar surface area (TPSA) is 61.0 Å². The standard InChI is InChI=1S/C11H9BrFN3O/c1-17-9-4-6(8(13)5-16-9)11-10(14)7(12)2-3-15-11/h2-5H,14H2,1H3. The molecule has 2 rings (SSSR count). The number of halogens is 2.